The van der Waals surface area contributed by atoms with Crippen molar-refractivity contribution >= 4 is 22.3 Å². The van der Waals surface area contributed by atoms with Gasteiger partial charge in [0, 0.05) is 18.0 Å². The fraction of sp³-hybridized carbons (Fsp3) is 0.263. The van der Waals surface area contributed by atoms with Gasteiger partial charge >= 0.3 is 0 Å². The molecule has 3 aromatic rings. The smallest absolute Gasteiger partial charge is 0.293 e. The number of fused-ring (bicyclic) bond motifs is 1. The number of nitrogens with zero attached hydrogens (tertiary/aromatic N) is 2. The number of nitrogens with one attached hydrogen (secondary N) is 2. The molecule has 0 saturated heterocycles. The van der Waals surface area contributed by atoms with E-state index in [0.717, 1.165) is 19.3 Å². The van der Waals surface area contributed by atoms with Crippen LogP contribution >= 0.6 is 0 Å². The van der Waals surface area contributed by atoms with Crippen LogP contribution in [0.3, 0.4) is 0 Å². The van der Waals surface area contributed by atoms with Gasteiger partial charge in [-0.2, -0.15) is 0 Å². The molecule has 1 fully saturated rings. The maximum Gasteiger partial charge on any atom is 0.293 e. The second-order valence-corrected chi connectivity index (χ2v) is 6.73. The second-order valence-electron chi connectivity index (χ2n) is 6.73. The number of benzene rings is 2. The summed E-state index contributed by atoms with van der Waals surface area (Å²) in [4.78, 5) is 29.5. The minimum absolute atomic E-state index is 0.00826. The molecule has 0 amide bonds. The predicted octanol–water partition coefficient (Wildman–Crippen LogP) is 3.37. The molecule has 1 heterocycles. The summed E-state index contributed by atoms with van der Waals surface area (Å²) in [5, 5.41) is 15.0. The SMILES string of the molecule is O=c1[nH]cnc2cc(NCC3(c4ccccc4)CCC3)c([N+](=O)[O-])cc12. The van der Waals surface area contributed by atoms with Crippen LogP contribution in [0, 0.1) is 10.1 Å². The molecule has 1 aliphatic rings. The van der Waals surface area contributed by atoms with Crippen LogP contribution in [-0.4, -0.2) is 21.4 Å². The lowest BCUT2D eigenvalue weighted by atomic mass is 9.64. The summed E-state index contributed by atoms with van der Waals surface area (Å²) in [6.45, 7) is 0.604. The Morgan fingerprint density at radius 3 is 2.65 bits per heavy atom. The molecular formula is C19H18N4O3. The molecule has 1 aliphatic carbocycles. The van der Waals surface area contributed by atoms with Crippen LogP contribution in [-0.2, 0) is 5.41 Å². The van der Waals surface area contributed by atoms with E-state index in [1.54, 1.807) is 6.07 Å². The number of hydrogen-bond acceptors (Lipinski definition) is 5. The van der Waals surface area contributed by atoms with E-state index in [0.29, 0.717) is 17.7 Å². The maximum absolute atomic E-state index is 11.9. The normalized spacial score (nSPS) is 15.4. The van der Waals surface area contributed by atoms with Crippen LogP contribution in [0.4, 0.5) is 11.4 Å². The largest absolute Gasteiger partial charge is 0.379 e. The number of aromatic nitrogens is 2. The van der Waals surface area contributed by atoms with Gasteiger partial charge in [0.15, 0.2) is 0 Å². The first kappa shape index (κ1) is 16.3. The molecule has 0 aliphatic heterocycles. The highest BCUT2D eigenvalue weighted by Gasteiger charge is 2.38. The summed E-state index contributed by atoms with van der Waals surface area (Å²) in [7, 11) is 0. The van der Waals surface area contributed by atoms with Gasteiger partial charge < -0.3 is 10.3 Å². The molecule has 2 aromatic carbocycles. The molecule has 132 valence electrons. The average Bonchev–Trinajstić information content (AvgIpc) is 2.61. The summed E-state index contributed by atoms with van der Waals surface area (Å²) >= 11 is 0. The Bertz CT molecular complexity index is 1030. The van der Waals surface area contributed by atoms with E-state index >= 15 is 0 Å². The van der Waals surface area contributed by atoms with Gasteiger partial charge in [0.05, 0.1) is 22.2 Å². The molecule has 1 saturated carbocycles. The highest BCUT2D eigenvalue weighted by Crippen LogP contribution is 2.44. The fourth-order valence-electron chi connectivity index (χ4n) is 3.62. The average molecular weight is 350 g/mol. The van der Waals surface area contributed by atoms with Crippen molar-refractivity contribution in [3.63, 3.8) is 0 Å². The van der Waals surface area contributed by atoms with Gasteiger partial charge in [0.2, 0.25) is 0 Å². The third kappa shape index (κ3) is 2.71. The number of aromatic amines is 1. The van der Waals surface area contributed by atoms with Gasteiger partial charge in [-0.25, -0.2) is 4.98 Å². The van der Waals surface area contributed by atoms with Crippen molar-refractivity contribution in [1.82, 2.24) is 9.97 Å². The van der Waals surface area contributed by atoms with E-state index in [1.807, 2.05) is 18.2 Å². The zero-order chi connectivity index (χ0) is 18.1. The van der Waals surface area contributed by atoms with Crippen molar-refractivity contribution < 1.29 is 4.92 Å². The number of rotatable bonds is 5. The van der Waals surface area contributed by atoms with E-state index in [-0.39, 0.29) is 22.0 Å². The summed E-state index contributed by atoms with van der Waals surface area (Å²) in [6.07, 6.45) is 4.54. The molecule has 0 bridgehead atoms. The molecule has 1 aromatic heterocycles. The summed E-state index contributed by atoms with van der Waals surface area (Å²) in [5.41, 5.74) is 1.57. The van der Waals surface area contributed by atoms with E-state index < -0.39 is 4.92 Å². The first-order valence-corrected chi connectivity index (χ1v) is 8.54. The van der Waals surface area contributed by atoms with E-state index in [1.165, 1.54) is 18.0 Å². The first-order valence-electron chi connectivity index (χ1n) is 8.54. The van der Waals surface area contributed by atoms with Crippen molar-refractivity contribution in [2.45, 2.75) is 24.7 Å². The monoisotopic (exact) mass is 350 g/mol. The van der Waals surface area contributed by atoms with Crippen LogP contribution in [0.1, 0.15) is 24.8 Å². The zero-order valence-corrected chi connectivity index (χ0v) is 14.1. The number of anilines is 1. The van der Waals surface area contributed by atoms with Gasteiger partial charge in [-0.15, -0.1) is 0 Å². The predicted molar refractivity (Wildman–Crippen MR) is 99.5 cm³/mol. The Labute approximate surface area is 149 Å². The number of H-pyrrole nitrogens is 1. The molecule has 2 N–H and O–H groups in total. The quantitative estimate of drug-likeness (QED) is 0.543. The molecule has 7 heteroatoms. The van der Waals surface area contributed by atoms with Crippen LogP contribution < -0.4 is 10.9 Å². The summed E-state index contributed by atoms with van der Waals surface area (Å²) in [6, 6.07) is 13.1. The van der Waals surface area contributed by atoms with Crippen molar-refractivity contribution in [3.05, 3.63) is 74.8 Å². The third-order valence-corrected chi connectivity index (χ3v) is 5.27. The maximum atomic E-state index is 11.9. The topological polar surface area (TPSA) is 101 Å². The number of nitro groups is 1. The van der Waals surface area contributed by atoms with E-state index in [2.05, 4.69) is 27.4 Å². The fourth-order valence-corrected chi connectivity index (χ4v) is 3.62. The standard InChI is InChI=1S/C19H18N4O3/c24-18-14-9-17(23(25)26)16(10-15(14)21-12-22-18)20-11-19(7-4-8-19)13-5-2-1-3-6-13/h1-3,5-6,9-10,12,20H,4,7-8,11H2,(H,21,22,24). The van der Waals surface area contributed by atoms with Crippen molar-refractivity contribution in [2.24, 2.45) is 0 Å². The Morgan fingerprint density at radius 2 is 2.00 bits per heavy atom. The second kappa shape index (κ2) is 6.25. The van der Waals surface area contributed by atoms with Gasteiger partial charge in [-0.1, -0.05) is 36.8 Å². The van der Waals surface area contributed by atoms with Gasteiger partial charge in [0.25, 0.3) is 11.2 Å². The Kier molecular flexibility index (Phi) is 3.91. The first-order chi connectivity index (χ1) is 12.6. The minimum Gasteiger partial charge on any atom is -0.379 e. The van der Waals surface area contributed by atoms with Crippen molar-refractivity contribution in [2.75, 3.05) is 11.9 Å². The van der Waals surface area contributed by atoms with Crippen LogP contribution in [0.2, 0.25) is 0 Å². The lowest BCUT2D eigenvalue weighted by Crippen LogP contribution is -2.41. The minimum atomic E-state index is -0.468. The van der Waals surface area contributed by atoms with E-state index in [4.69, 9.17) is 0 Å². The lowest BCUT2D eigenvalue weighted by molar-refractivity contribution is -0.383. The van der Waals surface area contributed by atoms with Gasteiger partial charge in [-0.05, 0) is 24.5 Å². The van der Waals surface area contributed by atoms with Crippen molar-refractivity contribution in [3.8, 4) is 0 Å². The number of hydrogen-bond donors (Lipinski definition) is 2. The van der Waals surface area contributed by atoms with Gasteiger partial charge in [-0.3, -0.25) is 14.9 Å². The molecule has 4 rings (SSSR count). The summed E-state index contributed by atoms with van der Waals surface area (Å²) in [5.74, 6) is 0. The van der Waals surface area contributed by atoms with Gasteiger partial charge in [0.1, 0.15) is 5.69 Å². The molecule has 0 atom stereocenters. The summed E-state index contributed by atoms with van der Waals surface area (Å²) < 4.78 is 0. The van der Waals surface area contributed by atoms with Crippen LogP contribution in [0.5, 0.6) is 0 Å². The molecule has 0 radical (unpaired) electrons. The van der Waals surface area contributed by atoms with Crippen LogP contribution in [0.25, 0.3) is 10.9 Å². The Balaban J connectivity index is 1.69. The highest BCUT2D eigenvalue weighted by molar-refractivity contribution is 5.86. The molecule has 0 spiro atoms. The third-order valence-electron chi connectivity index (χ3n) is 5.27. The molecular weight excluding hydrogens is 332 g/mol. The lowest BCUT2D eigenvalue weighted by Gasteiger charge is -2.42. The highest BCUT2D eigenvalue weighted by atomic mass is 16.6. The van der Waals surface area contributed by atoms with Crippen molar-refractivity contribution in [1.29, 1.82) is 0 Å². The number of nitro benzene ring substituents is 1. The molecule has 26 heavy (non-hydrogen) atoms. The molecule has 7 nitrogen and oxygen atoms in total. The Morgan fingerprint density at radius 1 is 1.23 bits per heavy atom. The molecule has 0 unspecified atom stereocenters. The zero-order valence-electron chi connectivity index (χ0n) is 14.1. The van der Waals surface area contributed by atoms with E-state index in [9.17, 15) is 14.9 Å². The Hall–Kier alpha value is -3.22. The van der Waals surface area contributed by atoms with Crippen LogP contribution in [0.15, 0.2) is 53.6 Å².